The average molecular weight is 369 g/mol. The number of amides is 1. The van der Waals surface area contributed by atoms with E-state index in [-0.39, 0.29) is 5.91 Å². The lowest BCUT2D eigenvalue weighted by Crippen LogP contribution is -2.40. The summed E-state index contributed by atoms with van der Waals surface area (Å²) in [7, 11) is 0. The zero-order chi connectivity index (χ0) is 18.1. The molecule has 1 amide bonds. The first kappa shape index (κ1) is 17.0. The highest BCUT2D eigenvalue weighted by atomic mass is 32.1. The molecule has 3 N–H and O–H groups in total. The van der Waals surface area contributed by atoms with Gasteiger partial charge in [-0.3, -0.25) is 4.79 Å². The van der Waals surface area contributed by atoms with E-state index in [1.165, 1.54) is 11.3 Å². The second-order valence-electron chi connectivity index (χ2n) is 6.85. The van der Waals surface area contributed by atoms with Gasteiger partial charge >= 0.3 is 0 Å². The maximum Gasteiger partial charge on any atom is 0.265 e. The molecular weight excluding hydrogens is 346 g/mol. The minimum atomic E-state index is 0.0744. The lowest BCUT2D eigenvalue weighted by Gasteiger charge is -2.32. The predicted molar refractivity (Wildman–Crippen MR) is 104 cm³/mol. The Morgan fingerprint density at radius 1 is 1.38 bits per heavy atom. The quantitative estimate of drug-likeness (QED) is 0.739. The van der Waals surface area contributed by atoms with Gasteiger partial charge in [-0.1, -0.05) is 30.4 Å². The van der Waals surface area contributed by atoms with Gasteiger partial charge in [0.25, 0.3) is 5.91 Å². The molecule has 1 aliphatic rings. The number of aromatic nitrogens is 3. The van der Waals surface area contributed by atoms with Crippen molar-refractivity contribution in [2.45, 2.75) is 32.6 Å². The summed E-state index contributed by atoms with van der Waals surface area (Å²) in [6.07, 6.45) is 3.73. The number of anilines is 1. The fraction of sp³-hybridized carbons (Fsp3) is 0.421. The van der Waals surface area contributed by atoms with Crippen molar-refractivity contribution < 1.29 is 4.79 Å². The number of likely N-dealkylation sites (tertiary alicyclic amines) is 1. The Kier molecular flexibility index (Phi) is 4.63. The third kappa shape index (κ3) is 3.31. The highest BCUT2D eigenvalue weighted by molar-refractivity contribution is 7.17. The van der Waals surface area contributed by atoms with Crippen molar-refractivity contribution in [3.05, 3.63) is 40.7 Å². The molecule has 1 aliphatic heterocycles. The van der Waals surface area contributed by atoms with Crippen LogP contribution < -0.4 is 5.73 Å². The molecule has 0 aliphatic carbocycles. The molecular formula is C19H23N5OS. The summed E-state index contributed by atoms with van der Waals surface area (Å²) in [4.78, 5) is 28.0. The number of thiazole rings is 1. The summed E-state index contributed by atoms with van der Waals surface area (Å²) in [5.41, 5.74) is 8.70. The van der Waals surface area contributed by atoms with Crippen LogP contribution in [0.2, 0.25) is 0 Å². The van der Waals surface area contributed by atoms with E-state index in [4.69, 9.17) is 5.73 Å². The fourth-order valence-corrected chi connectivity index (χ4v) is 4.60. The molecule has 1 atom stereocenters. The number of aromatic amines is 1. The summed E-state index contributed by atoms with van der Waals surface area (Å²) >= 11 is 1.31. The third-order valence-corrected chi connectivity index (χ3v) is 5.88. The number of imidazole rings is 1. The first-order valence-electron chi connectivity index (χ1n) is 9.12. The number of carbonyl (C=O) groups is 1. The molecule has 3 heterocycles. The van der Waals surface area contributed by atoms with Crippen LogP contribution in [0.25, 0.3) is 11.0 Å². The number of fused-ring (bicyclic) bond motifs is 1. The number of H-pyrrole nitrogens is 1. The smallest absolute Gasteiger partial charge is 0.265 e. The third-order valence-electron chi connectivity index (χ3n) is 4.97. The van der Waals surface area contributed by atoms with Crippen molar-refractivity contribution >= 4 is 33.4 Å². The number of benzene rings is 1. The minimum Gasteiger partial charge on any atom is -0.375 e. The fourth-order valence-electron chi connectivity index (χ4n) is 3.71. The monoisotopic (exact) mass is 369 g/mol. The number of aryl methyl sites for hydroxylation is 1. The Morgan fingerprint density at radius 3 is 3.04 bits per heavy atom. The predicted octanol–water partition coefficient (Wildman–Crippen LogP) is 3.26. The number of piperidine rings is 1. The van der Waals surface area contributed by atoms with Gasteiger partial charge in [0.1, 0.15) is 10.7 Å². The van der Waals surface area contributed by atoms with Gasteiger partial charge in [0.15, 0.2) is 5.13 Å². The van der Waals surface area contributed by atoms with Gasteiger partial charge in [-0.15, -0.1) is 0 Å². The standard InChI is InChI=1S/C19H23N5OS/c1-2-13-17(26-19(20)23-13)18(25)24-9-5-6-12(11-24)10-16-21-14-7-3-4-8-15(14)22-16/h3-4,7-8,12H,2,5-6,9-11H2,1H3,(H2,20,23)(H,21,22). The molecule has 136 valence electrons. The van der Waals surface area contributed by atoms with Crippen LogP contribution in [0.1, 0.15) is 41.0 Å². The molecule has 0 spiro atoms. The van der Waals surface area contributed by atoms with Crippen LogP contribution in [0, 0.1) is 5.92 Å². The van der Waals surface area contributed by atoms with Gasteiger partial charge in [0, 0.05) is 19.5 Å². The molecule has 0 radical (unpaired) electrons. The van der Waals surface area contributed by atoms with Crippen LogP contribution in [0.15, 0.2) is 24.3 Å². The van der Waals surface area contributed by atoms with Gasteiger partial charge in [0.2, 0.25) is 0 Å². The number of para-hydroxylation sites is 2. The van der Waals surface area contributed by atoms with Crippen LogP contribution in [-0.2, 0) is 12.8 Å². The molecule has 6 nitrogen and oxygen atoms in total. The van der Waals surface area contributed by atoms with Crippen LogP contribution in [0.4, 0.5) is 5.13 Å². The van der Waals surface area contributed by atoms with Crippen molar-refractivity contribution in [3.63, 3.8) is 0 Å². The minimum absolute atomic E-state index is 0.0744. The van der Waals surface area contributed by atoms with E-state index in [1.54, 1.807) is 0 Å². The van der Waals surface area contributed by atoms with Crippen molar-refractivity contribution in [1.29, 1.82) is 0 Å². The van der Waals surface area contributed by atoms with Gasteiger partial charge in [-0.2, -0.15) is 0 Å². The largest absolute Gasteiger partial charge is 0.375 e. The second-order valence-corrected chi connectivity index (χ2v) is 7.88. The summed E-state index contributed by atoms with van der Waals surface area (Å²) in [6.45, 7) is 3.57. The molecule has 7 heteroatoms. The number of nitrogens with two attached hydrogens (primary N) is 1. The molecule has 4 rings (SSSR count). The van der Waals surface area contributed by atoms with Gasteiger partial charge < -0.3 is 15.6 Å². The van der Waals surface area contributed by atoms with Gasteiger partial charge in [-0.25, -0.2) is 9.97 Å². The Hall–Kier alpha value is -2.41. The Balaban J connectivity index is 1.47. The number of nitrogen functional groups attached to an aromatic ring is 1. The van der Waals surface area contributed by atoms with Gasteiger partial charge in [-0.05, 0) is 37.3 Å². The molecule has 0 saturated carbocycles. The average Bonchev–Trinajstić information content (AvgIpc) is 3.23. The van der Waals surface area contributed by atoms with Crippen molar-refractivity contribution in [3.8, 4) is 0 Å². The molecule has 1 aromatic carbocycles. The Morgan fingerprint density at radius 2 is 2.23 bits per heavy atom. The molecule has 26 heavy (non-hydrogen) atoms. The van der Waals surface area contributed by atoms with E-state index in [2.05, 4.69) is 15.0 Å². The number of nitrogens with zero attached hydrogens (tertiary/aromatic N) is 3. The van der Waals surface area contributed by atoms with Gasteiger partial charge in [0.05, 0.1) is 16.7 Å². The summed E-state index contributed by atoms with van der Waals surface area (Å²) in [5, 5.41) is 0.473. The second kappa shape index (κ2) is 7.07. The van der Waals surface area contributed by atoms with E-state index in [1.807, 2.05) is 36.1 Å². The van der Waals surface area contributed by atoms with Crippen molar-refractivity contribution in [2.75, 3.05) is 18.8 Å². The van der Waals surface area contributed by atoms with Crippen molar-refractivity contribution in [2.24, 2.45) is 5.92 Å². The van der Waals surface area contributed by atoms with Crippen molar-refractivity contribution in [1.82, 2.24) is 19.9 Å². The molecule has 0 bridgehead atoms. The molecule has 1 saturated heterocycles. The first-order chi connectivity index (χ1) is 12.6. The maximum atomic E-state index is 12.9. The van der Waals surface area contributed by atoms with E-state index in [0.717, 1.165) is 61.3 Å². The molecule has 2 aromatic heterocycles. The molecule has 1 fully saturated rings. The van der Waals surface area contributed by atoms with E-state index < -0.39 is 0 Å². The first-order valence-corrected chi connectivity index (χ1v) is 9.93. The maximum absolute atomic E-state index is 12.9. The van der Waals surface area contributed by atoms with Crippen LogP contribution in [-0.4, -0.2) is 38.8 Å². The van der Waals surface area contributed by atoms with E-state index in [9.17, 15) is 4.79 Å². The Labute approximate surface area is 156 Å². The van der Waals surface area contributed by atoms with Crippen LogP contribution in [0.3, 0.4) is 0 Å². The highest BCUT2D eigenvalue weighted by Crippen LogP contribution is 2.27. The molecule has 3 aromatic rings. The SMILES string of the molecule is CCc1nc(N)sc1C(=O)N1CCCC(Cc2nc3ccccc3[nH]2)C1. The molecule has 1 unspecified atom stereocenters. The summed E-state index contributed by atoms with van der Waals surface area (Å²) in [6, 6.07) is 8.08. The zero-order valence-electron chi connectivity index (χ0n) is 14.9. The van der Waals surface area contributed by atoms with Crippen LogP contribution in [0.5, 0.6) is 0 Å². The normalized spacial score (nSPS) is 17.7. The lowest BCUT2D eigenvalue weighted by molar-refractivity contribution is 0.0676. The zero-order valence-corrected chi connectivity index (χ0v) is 15.7. The number of hydrogen-bond acceptors (Lipinski definition) is 5. The summed E-state index contributed by atoms with van der Waals surface area (Å²) in [5.74, 6) is 1.50. The topological polar surface area (TPSA) is 87.9 Å². The van der Waals surface area contributed by atoms with E-state index in [0.29, 0.717) is 15.9 Å². The summed E-state index contributed by atoms with van der Waals surface area (Å²) < 4.78 is 0. The number of carbonyl (C=O) groups excluding carboxylic acids is 1. The lowest BCUT2D eigenvalue weighted by atomic mass is 9.94. The number of hydrogen-bond donors (Lipinski definition) is 2. The number of nitrogens with one attached hydrogen (secondary N) is 1. The Bertz CT molecular complexity index is 898. The highest BCUT2D eigenvalue weighted by Gasteiger charge is 2.28. The van der Waals surface area contributed by atoms with Crippen LogP contribution >= 0.6 is 11.3 Å². The number of rotatable bonds is 4. The van der Waals surface area contributed by atoms with E-state index >= 15 is 0 Å².